The molecule has 25 heavy (non-hydrogen) atoms. The van der Waals surface area contributed by atoms with Gasteiger partial charge in [-0.3, -0.25) is 9.69 Å². The first-order valence-electron chi connectivity index (χ1n) is 7.98. The number of morpholine rings is 1. The Morgan fingerprint density at radius 2 is 2.28 bits per heavy atom. The number of nitrogens with zero attached hydrogens (tertiary/aromatic N) is 2. The van der Waals surface area contributed by atoms with Crippen LogP contribution in [-0.2, 0) is 22.5 Å². The highest BCUT2D eigenvalue weighted by molar-refractivity contribution is 7.09. The summed E-state index contributed by atoms with van der Waals surface area (Å²) in [6.07, 6.45) is 0.295. The lowest BCUT2D eigenvalue weighted by Gasteiger charge is -2.32. The minimum Gasteiger partial charge on any atom is -0.371 e. The summed E-state index contributed by atoms with van der Waals surface area (Å²) >= 11 is 13.6. The molecule has 1 atom stereocenters. The third-order valence-electron chi connectivity index (χ3n) is 4.04. The summed E-state index contributed by atoms with van der Waals surface area (Å²) in [5, 5.41) is 6.56. The number of aromatic nitrogens is 1. The van der Waals surface area contributed by atoms with Gasteiger partial charge in [-0.1, -0.05) is 29.3 Å². The Kier molecular flexibility index (Phi) is 6.30. The molecule has 5 nitrogen and oxygen atoms in total. The van der Waals surface area contributed by atoms with Gasteiger partial charge < -0.3 is 10.1 Å². The predicted molar refractivity (Wildman–Crippen MR) is 100 cm³/mol. The number of halogens is 2. The van der Waals surface area contributed by atoms with Crippen LogP contribution in [0.3, 0.4) is 0 Å². The largest absolute Gasteiger partial charge is 0.371 e. The van der Waals surface area contributed by atoms with E-state index in [4.69, 9.17) is 27.9 Å². The standard InChI is InChI=1S/C17H19Cl2N3O2S/c1-20-16(23)7-17-21-12(10-25-17)8-22-4-5-24-15(9-22)11-2-3-13(18)14(19)6-11/h2-3,6,10,15H,4-5,7-9H2,1H3,(H,20,23). The highest BCUT2D eigenvalue weighted by atomic mass is 35.5. The van der Waals surface area contributed by atoms with Crippen molar-refractivity contribution in [3.05, 3.63) is 49.9 Å². The number of carbonyl (C=O) groups excluding carboxylic acids is 1. The molecule has 1 fully saturated rings. The summed E-state index contributed by atoms with van der Waals surface area (Å²) < 4.78 is 5.89. The molecule has 1 aliphatic rings. The van der Waals surface area contributed by atoms with Crippen LogP contribution in [0.2, 0.25) is 10.0 Å². The van der Waals surface area contributed by atoms with Crippen molar-refractivity contribution in [1.82, 2.24) is 15.2 Å². The SMILES string of the molecule is CNC(=O)Cc1nc(CN2CCOC(c3ccc(Cl)c(Cl)c3)C2)cs1. The van der Waals surface area contributed by atoms with Gasteiger partial charge in [0.05, 0.1) is 34.9 Å². The molecule has 0 spiro atoms. The summed E-state index contributed by atoms with van der Waals surface area (Å²) in [7, 11) is 1.63. The summed E-state index contributed by atoms with van der Waals surface area (Å²) in [5.41, 5.74) is 2.01. The van der Waals surface area contributed by atoms with E-state index >= 15 is 0 Å². The molecule has 0 saturated carbocycles. The average Bonchev–Trinajstić information content (AvgIpc) is 3.04. The third kappa shape index (κ3) is 4.92. The van der Waals surface area contributed by atoms with Gasteiger partial charge in [-0.15, -0.1) is 11.3 Å². The first-order chi connectivity index (χ1) is 12.0. The molecule has 2 aromatic rings. The van der Waals surface area contributed by atoms with Crippen LogP contribution in [0.25, 0.3) is 0 Å². The quantitative estimate of drug-likeness (QED) is 0.837. The molecule has 1 amide bonds. The molecule has 0 bridgehead atoms. The van der Waals surface area contributed by atoms with E-state index in [0.717, 1.165) is 35.9 Å². The smallest absolute Gasteiger partial charge is 0.226 e. The molecule has 1 aromatic carbocycles. The van der Waals surface area contributed by atoms with Crippen molar-refractivity contribution < 1.29 is 9.53 Å². The highest BCUT2D eigenvalue weighted by Gasteiger charge is 2.23. The third-order valence-corrected chi connectivity index (χ3v) is 5.68. The Morgan fingerprint density at radius 3 is 3.04 bits per heavy atom. The van der Waals surface area contributed by atoms with Crippen molar-refractivity contribution in [2.24, 2.45) is 0 Å². The summed E-state index contributed by atoms with van der Waals surface area (Å²) in [6, 6.07) is 5.61. The number of benzene rings is 1. The number of hydrogen-bond acceptors (Lipinski definition) is 5. The van der Waals surface area contributed by atoms with Crippen molar-refractivity contribution in [3.8, 4) is 0 Å². The number of hydrogen-bond donors (Lipinski definition) is 1. The molecule has 134 valence electrons. The van der Waals surface area contributed by atoms with Crippen LogP contribution in [0.15, 0.2) is 23.6 Å². The molecule has 1 aliphatic heterocycles. The van der Waals surface area contributed by atoms with Crippen LogP contribution >= 0.6 is 34.5 Å². The van der Waals surface area contributed by atoms with Crippen LogP contribution in [0.5, 0.6) is 0 Å². The first-order valence-corrected chi connectivity index (χ1v) is 9.61. The van der Waals surface area contributed by atoms with Gasteiger partial charge in [-0.25, -0.2) is 4.98 Å². The number of rotatable bonds is 5. The number of nitrogens with one attached hydrogen (secondary N) is 1. The van der Waals surface area contributed by atoms with Crippen LogP contribution in [-0.4, -0.2) is 42.5 Å². The molecular weight excluding hydrogens is 381 g/mol. The summed E-state index contributed by atoms with van der Waals surface area (Å²) in [6.45, 7) is 3.01. The van der Waals surface area contributed by atoms with E-state index in [1.807, 2.05) is 17.5 Å². The van der Waals surface area contributed by atoms with Gasteiger partial charge in [0.15, 0.2) is 0 Å². The van der Waals surface area contributed by atoms with Crippen LogP contribution in [0.4, 0.5) is 0 Å². The lowest BCUT2D eigenvalue weighted by atomic mass is 10.1. The molecule has 0 aliphatic carbocycles. The zero-order chi connectivity index (χ0) is 17.8. The lowest BCUT2D eigenvalue weighted by Crippen LogP contribution is -2.37. The van der Waals surface area contributed by atoms with E-state index in [0.29, 0.717) is 23.1 Å². The van der Waals surface area contributed by atoms with Gasteiger partial charge in [0, 0.05) is 32.1 Å². The van der Waals surface area contributed by atoms with Crippen molar-refractivity contribution in [2.75, 3.05) is 26.7 Å². The fourth-order valence-corrected chi connectivity index (χ4v) is 3.81. The fraction of sp³-hybridized carbons (Fsp3) is 0.412. The number of likely N-dealkylation sites (N-methyl/N-ethyl adjacent to an activating group) is 1. The van der Waals surface area contributed by atoms with E-state index in [1.54, 1.807) is 13.1 Å². The predicted octanol–water partition coefficient (Wildman–Crippen LogP) is 3.31. The maximum Gasteiger partial charge on any atom is 0.226 e. The number of carbonyl (C=O) groups is 1. The monoisotopic (exact) mass is 399 g/mol. The number of thiazole rings is 1. The van der Waals surface area contributed by atoms with Crippen molar-refractivity contribution in [2.45, 2.75) is 19.1 Å². The fourth-order valence-electron chi connectivity index (χ4n) is 2.72. The molecule has 1 aromatic heterocycles. The van der Waals surface area contributed by atoms with E-state index < -0.39 is 0 Å². The summed E-state index contributed by atoms with van der Waals surface area (Å²) in [4.78, 5) is 18.3. The Balaban J connectivity index is 1.61. The second-order valence-electron chi connectivity index (χ2n) is 5.85. The number of ether oxygens (including phenoxy) is 1. The molecule has 1 saturated heterocycles. The van der Waals surface area contributed by atoms with Crippen LogP contribution in [0.1, 0.15) is 22.4 Å². The van der Waals surface area contributed by atoms with E-state index in [9.17, 15) is 4.79 Å². The van der Waals surface area contributed by atoms with Crippen molar-refractivity contribution >= 4 is 40.4 Å². The Bertz CT molecular complexity index is 753. The second-order valence-corrected chi connectivity index (χ2v) is 7.61. The number of amides is 1. The van der Waals surface area contributed by atoms with E-state index in [1.165, 1.54) is 11.3 Å². The maximum absolute atomic E-state index is 11.4. The summed E-state index contributed by atoms with van der Waals surface area (Å²) in [5.74, 6) is -0.0213. The molecule has 8 heteroatoms. The molecule has 2 heterocycles. The molecule has 0 radical (unpaired) electrons. The second kappa shape index (κ2) is 8.47. The normalized spacial score (nSPS) is 18.3. The van der Waals surface area contributed by atoms with E-state index in [2.05, 4.69) is 15.2 Å². The van der Waals surface area contributed by atoms with Crippen LogP contribution < -0.4 is 5.32 Å². The zero-order valence-corrected chi connectivity index (χ0v) is 16.1. The topological polar surface area (TPSA) is 54.5 Å². The maximum atomic E-state index is 11.4. The van der Waals surface area contributed by atoms with Gasteiger partial charge in [0.2, 0.25) is 5.91 Å². The van der Waals surface area contributed by atoms with Gasteiger partial charge in [-0.05, 0) is 17.7 Å². The van der Waals surface area contributed by atoms with Crippen molar-refractivity contribution in [1.29, 1.82) is 0 Å². The Hall–Kier alpha value is -1.18. The van der Waals surface area contributed by atoms with Gasteiger partial charge >= 0.3 is 0 Å². The molecule has 1 N–H and O–H groups in total. The van der Waals surface area contributed by atoms with Crippen molar-refractivity contribution in [3.63, 3.8) is 0 Å². The van der Waals surface area contributed by atoms with E-state index in [-0.39, 0.29) is 12.0 Å². The first kappa shape index (κ1) is 18.6. The Morgan fingerprint density at radius 1 is 1.44 bits per heavy atom. The lowest BCUT2D eigenvalue weighted by molar-refractivity contribution is -0.119. The minimum absolute atomic E-state index is 0.0213. The Labute approximate surface area is 160 Å². The highest BCUT2D eigenvalue weighted by Crippen LogP contribution is 2.29. The molecule has 1 unspecified atom stereocenters. The van der Waals surface area contributed by atoms with Gasteiger partial charge in [0.25, 0.3) is 0 Å². The molecular formula is C17H19Cl2N3O2S. The van der Waals surface area contributed by atoms with Gasteiger partial charge in [-0.2, -0.15) is 0 Å². The van der Waals surface area contributed by atoms with Gasteiger partial charge in [0.1, 0.15) is 5.01 Å². The zero-order valence-electron chi connectivity index (χ0n) is 13.8. The average molecular weight is 400 g/mol. The molecule has 3 rings (SSSR count). The van der Waals surface area contributed by atoms with Crippen LogP contribution in [0, 0.1) is 0 Å². The minimum atomic E-state index is -0.0347.